The van der Waals surface area contributed by atoms with Gasteiger partial charge in [0.2, 0.25) is 0 Å². The van der Waals surface area contributed by atoms with Crippen molar-refractivity contribution in [1.82, 2.24) is 4.57 Å². The highest BCUT2D eigenvalue weighted by molar-refractivity contribution is 6.09. The molecule has 0 saturated carbocycles. The largest absolute Gasteiger partial charge is 0.456 e. The summed E-state index contributed by atoms with van der Waals surface area (Å²) in [6.45, 7) is 0. The summed E-state index contributed by atoms with van der Waals surface area (Å²) >= 11 is 0. The van der Waals surface area contributed by atoms with Gasteiger partial charge in [0.25, 0.3) is 0 Å². The fourth-order valence-corrected chi connectivity index (χ4v) is 10.4. The van der Waals surface area contributed by atoms with Gasteiger partial charge < -0.3 is 13.9 Å². The number of para-hydroxylation sites is 5. The zero-order valence-corrected chi connectivity index (χ0v) is 37.7. The Kier molecular flexibility index (Phi) is 9.84. The highest BCUT2D eigenvalue weighted by atomic mass is 16.3. The lowest BCUT2D eigenvalue weighted by Crippen LogP contribution is -2.12. The van der Waals surface area contributed by atoms with Crippen molar-refractivity contribution in [3.8, 4) is 61.3 Å². The van der Waals surface area contributed by atoms with Gasteiger partial charge in [0.1, 0.15) is 11.2 Å². The molecule has 0 aliphatic heterocycles. The van der Waals surface area contributed by atoms with Gasteiger partial charge in [-0.15, -0.1) is 0 Å². The number of hydrogen-bond donors (Lipinski definition) is 0. The van der Waals surface area contributed by atoms with Crippen LogP contribution in [0.1, 0.15) is 0 Å². The molecule has 0 aliphatic carbocycles. The SMILES string of the molecule is c1ccc(-c2ccccc2-c2ccccc2N(c2ccc(-c3ccc(-c4cccc(-n5c6ccccc6c6ccccc65)c4)cc3)cc2)c2ccccc2-c2ccc3c(c2)oc2ccccc23)cc1. The monoisotopic (exact) mass is 880 g/mol. The lowest BCUT2D eigenvalue weighted by Gasteiger charge is -2.30. The Bertz CT molecular complexity index is 3960. The molecule has 0 unspecified atom stereocenters. The van der Waals surface area contributed by atoms with Crippen molar-refractivity contribution in [2.75, 3.05) is 4.90 Å². The van der Waals surface area contributed by atoms with Crippen molar-refractivity contribution in [3.05, 3.63) is 267 Å². The second kappa shape index (κ2) is 16.9. The van der Waals surface area contributed by atoms with Crippen molar-refractivity contribution < 1.29 is 4.42 Å². The standard InChI is InChI=1S/C66H44N2O/c1-2-17-48(18-3-1)53-21-4-5-23-55(53)56-24-7-12-29-62(56)67(61-28-11-6-22-54(61)50-39-42-60-59-27-10-15-32-65(59)69-66(60)44-50)51-40-37-46(38-41-51)45-33-35-47(36-34-45)49-19-16-20-52(43-49)68-63-30-13-8-25-57(63)58-26-9-14-31-64(58)68/h1-44H. The van der Waals surface area contributed by atoms with E-state index in [9.17, 15) is 0 Å². The van der Waals surface area contributed by atoms with Gasteiger partial charge >= 0.3 is 0 Å². The summed E-state index contributed by atoms with van der Waals surface area (Å²) in [5.74, 6) is 0. The van der Waals surface area contributed by atoms with E-state index in [1.54, 1.807) is 0 Å². The topological polar surface area (TPSA) is 21.3 Å². The van der Waals surface area contributed by atoms with Gasteiger partial charge in [-0.25, -0.2) is 0 Å². The molecule has 3 heteroatoms. The molecule has 0 spiro atoms. The van der Waals surface area contributed by atoms with Gasteiger partial charge in [-0.05, 0) is 111 Å². The second-order valence-corrected chi connectivity index (χ2v) is 17.6. The van der Waals surface area contributed by atoms with Crippen LogP contribution in [-0.2, 0) is 0 Å². The Balaban J connectivity index is 0.897. The molecule has 3 nitrogen and oxygen atoms in total. The van der Waals surface area contributed by atoms with Crippen molar-refractivity contribution >= 4 is 60.8 Å². The molecule has 2 aromatic heterocycles. The quantitative estimate of drug-likeness (QED) is 0.144. The van der Waals surface area contributed by atoms with E-state index in [0.717, 1.165) is 72.5 Å². The van der Waals surface area contributed by atoms with Crippen LogP contribution in [0.2, 0.25) is 0 Å². The van der Waals surface area contributed by atoms with E-state index in [1.807, 2.05) is 12.1 Å². The van der Waals surface area contributed by atoms with Gasteiger partial charge in [-0.3, -0.25) is 0 Å². The van der Waals surface area contributed by atoms with Gasteiger partial charge in [-0.2, -0.15) is 0 Å². The van der Waals surface area contributed by atoms with E-state index >= 15 is 0 Å². The maximum Gasteiger partial charge on any atom is 0.136 e. The summed E-state index contributed by atoms with van der Waals surface area (Å²) in [5.41, 5.74) is 20.1. The minimum absolute atomic E-state index is 0.874. The van der Waals surface area contributed by atoms with E-state index in [-0.39, 0.29) is 0 Å². The van der Waals surface area contributed by atoms with Crippen LogP contribution in [0.25, 0.3) is 105 Å². The van der Waals surface area contributed by atoms with Crippen molar-refractivity contribution in [2.45, 2.75) is 0 Å². The van der Waals surface area contributed by atoms with Crippen LogP contribution >= 0.6 is 0 Å². The van der Waals surface area contributed by atoms with Gasteiger partial charge in [0, 0.05) is 44.0 Å². The lowest BCUT2D eigenvalue weighted by molar-refractivity contribution is 0.669. The normalized spacial score (nSPS) is 11.5. The van der Waals surface area contributed by atoms with E-state index in [0.29, 0.717) is 0 Å². The average Bonchev–Trinajstić information content (AvgIpc) is 3.97. The van der Waals surface area contributed by atoms with E-state index in [4.69, 9.17) is 4.42 Å². The van der Waals surface area contributed by atoms with Crippen LogP contribution in [0.3, 0.4) is 0 Å². The minimum atomic E-state index is 0.874. The number of fused-ring (bicyclic) bond motifs is 6. The number of rotatable bonds is 9. The molecular weight excluding hydrogens is 837 g/mol. The Labute approximate surface area is 401 Å². The third-order valence-corrected chi connectivity index (χ3v) is 13.6. The molecule has 0 radical (unpaired) electrons. The first-order valence-corrected chi connectivity index (χ1v) is 23.6. The van der Waals surface area contributed by atoms with Gasteiger partial charge in [-0.1, -0.05) is 200 Å². The molecule has 69 heavy (non-hydrogen) atoms. The molecule has 13 rings (SSSR count). The number of furan rings is 1. The van der Waals surface area contributed by atoms with Crippen molar-refractivity contribution in [3.63, 3.8) is 0 Å². The van der Waals surface area contributed by atoms with Crippen LogP contribution in [0, 0.1) is 0 Å². The summed E-state index contributed by atoms with van der Waals surface area (Å²) in [4.78, 5) is 2.42. The fraction of sp³-hybridized carbons (Fsp3) is 0. The molecule has 0 saturated heterocycles. The third kappa shape index (κ3) is 7.08. The van der Waals surface area contributed by atoms with E-state index in [1.165, 1.54) is 49.6 Å². The molecule has 0 aliphatic rings. The van der Waals surface area contributed by atoms with E-state index in [2.05, 4.69) is 264 Å². The van der Waals surface area contributed by atoms with E-state index < -0.39 is 0 Å². The lowest BCUT2D eigenvalue weighted by atomic mass is 9.92. The predicted octanol–water partition coefficient (Wildman–Crippen LogP) is 18.5. The van der Waals surface area contributed by atoms with Crippen molar-refractivity contribution in [1.29, 1.82) is 0 Å². The first-order chi connectivity index (χ1) is 34.2. The predicted molar refractivity (Wildman–Crippen MR) is 290 cm³/mol. The minimum Gasteiger partial charge on any atom is -0.456 e. The van der Waals surface area contributed by atoms with Crippen LogP contribution in [0.4, 0.5) is 17.1 Å². The zero-order chi connectivity index (χ0) is 45.7. The fourth-order valence-electron chi connectivity index (χ4n) is 10.4. The molecule has 0 bridgehead atoms. The Morgan fingerprint density at radius 3 is 1.48 bits per heavy atom. The molecule has 13 aromatic rings. The number of hydrogen-bond acceptors (Lipinski definition) is 2. The molecule has 11 aromatic carbocycles. The Hall–Kier alpha value is -9.18. The Morgan fingerprint density at radius 2 is 0.768 bits per heavy atom. The average molecular weight is 881 g/mol. The van der Waals surface area contributed by atoms with Gasteiger partial charge in [0.05, 0.1) is 22.4 Å². The smallest absolute Gasteiger partial charge is 0.136 e. The zero-order valence-electron chi connectivity index (χ0n) is 37.7. The summed E-state index contributed by atoms with van der Waals surface area (Å²) in [5, 5.41) is 4.77. The van der Waals surface area contributed by atoms with Crippen molar-refractivity contribution in [2.24, 2.45) is 0 Å². The molecular formula is C66H44N2O. The molecule has 0 atom stereocenters. The van der Waals surface area contributed by atoms with Crippen LogP contribution in [0.15, 0.2) is 271 Å². The molecule has 2 heterocycles. The van der Waals surface area contributed by atoms with Crippen LogP contribution < -0.4 is 4.90 Å². The first kappa shape index (κ1) is 40.1. The summed E-state index contributed by atoms with van der Waals surface area (Å²) in [6.07, 6.45) is 0. The van der Waals surface area contributed by atoms with Crippen LogP contribution in [-0.4, -0.2) is 4.57 Å². The molecule has 0 fully saturated rings. The Morgan fingerprint density at radius 1 is 0.275 bits per heavy atom. The van der Waals surface area contributed by atoms with Gasteiger partial charge in [0.15, 0.2) is 0 Å². The summed E-state index contributed by atoms with van der Waals surface area (Å²) in [7, 11) is 0. The molecule has 324 valence electrons. The third-order valence-electron chi connectivity index (χ3n) is 13.6. The summed E-state index contributed by atoms with van der Waals surface area (Å²) < 4.78 is 8.82. The number of benzene rings is 11. The second-order valence-electron chi connectivity index (χ2n) is 17.6. The number of aromatic nitrogens is 1. The summed E-state index contributed by atoms with van der Waals surface area (Å²) in [6, 6.07) is 96.1. The molecule has 0 N–H and O–H groups in total. The highest BCUT2D eigenvalue weighted by Crippen LogP contribution is 2.47. The first-order valence-electron chi connectivity index (χ1n) is 23.6. The van der Waals surface area contributed by atoms with Crippen LogP contribution in [0.5, 0.6) is 0 Å². The maximum absolute atomic E-state index is 6.44. The maximum atomic E-state index is 6.44. The number of anilines is 3. The molecule has 0 amide bonds. The highest BCUT2D eigenvalue weighted by Gasteiger charge is 2.22. The number of nitrogens with zero attached hydrogens (tertiary/aromatic N) is 2.